The third-order valence-corrected chi connectivity index (χ3v) is 4.15. The first-order valence-corrected chi connectivity index (χ1v) is 7.67. The van der Waals surface area contributed by atoms with Crippen molar-refractivity contribution in [3.05, 3.63) is 60.1 Å². The van der Waals surface area contributed by atoms with E-state index < -0.39 is 5.41 Å². The Morgan fingerprint density at radius 1 is 1.22 bits per heavy atom. The van der Waals surface area contributed by atoms with E-state index >= 15 is 0 Å². The predicted octanol–water partition coefficient (Wildman–Crippen LogP) is 2.73. The maximum Gasteiger partial charge on any atom is 0.317 e. The van der Waals surface area contributed by atoms with Gasteiger partial charge in [0.1, 0.15) is 5.76 Å². The Balaban J connectivity index is 1.52. The van der Waals surface area contributed by atoms with Crippen LogP contribution in [0.1, 0.15) is 37.1 Å². The van der Waals surface area contributed by atoms with E-state index in [1.165, 1.54) is 0 Å². The first-order valence-electron chi connectivity index (χ1n) is 7.67. The highest BCUT2D eigenvalue weighted by Crippen LogP contribution is 2.49. The molecule has 1 N–H and O–H groups in total. The summed E-state index contributed by atoms with van der Waals surface area (Å²) in [7, 11) is 0. The minimum absolute atomic E-state index is 0.264. The molecule has 0 bridgehead atoms. The lowest BCUT2D eigenvalue weighted by molar-refractivity contribution is -0.151. The number of rotatable bonds is 6. The molecule has 120 valence electrons. The van der Waals surface area contributed by atoms with Gasteiger partial charge >= 0.3 is 5.97 Å². The second kappa shape index (κ2) is 6.28. The van der Waals surface area contributed by atoms with Crippen molar-refractivity contribution in [3.63, 3.8) is 0 Å². The van der Waals surface area contributed by atoms with E-state index in [1.807, 2.05) is 37.3 Å². The van der Waals surface area contributed by atoms with Crippen LogP contribution in [0.25, 0.3) is 0 Å². The number of furan rings is 1. The van der Waals surface area contributed by atoms with Crippen LogP contribution in [0.4, 0.5) is 0 Å². The summed E-state index contributed by atoms with van der Waals surface area (Å²) in [6, 6.07) is 12.8. The zero-order valence-electron chi connectivity index (χ0n) is 13.0. The summed E-state index contributed by atoms with van der Waals surface area (Å²) in [5.74, 6) is -0.0109. The van der Waals surface area contributed by atoms with Gasteiger partial charge in [-0.2, -0.15) is 0 Å². The molecule has 1 heterocycles. The van der Waals surface area contributed by atoms with E-state index in [2.05, 4.69) is 5.32 Å². The zero-order valence-corrected chi connectivity index (χ0v) is 13.0. The number of hydrogen-bond donors (Lipinski definition) is 1. The summed E-state index contributed by atoms with van der Waals surface area (Å²) < 4.78 is 10.4. The summed E-state index contributed by atoms with van der Waals surface area (Å²) in [5.41, 5.74) is 0.392. The molecule has 5 heteroatoms. The van der Waals surface area contributed by atoms with Crippen molar-refractivity contribution in [2.45, 2.75) is 31.2 Å². The van der Waals surface area contributed by atoms with Crippen molar-refractivity contribution >= 4 is 11.9 Å². The quantitative estimate of drug-likeness (QED) is 0.833. The van der Waals surface area contributed by atoms with Crippen molar-refractivity contribution in [2.24, 2.45) is 0 Å². The molecule has 0 unspecified atom stereocenters. The molecule has 23 heavy (non-hydrogen) atoms. The van der Waals surface area contributed by atoms with Crippen molar-refractivity contribution in [3.8, 4) is 0 Å². The molecular weight excluding hydrogens is 294 g/mol. The molecule has 5 nitrogen and oxygen atoms in total. The van der Waals surface area contributed by atoms with E-state index in [1.54, 1.807) is 18.4 Å². The summed E-state index contributed by atoms with van der Waals surface area (Å²) >= 11 is 0. The topological polar surface area (TPSA) is 68.5 Å². The van der Waals surface area contributed by atoms with Gasteiger partial charge in [0.25, 0.3) is 5.91 Å². The average Bonchev–Trinajstić information content (AvgIpc) is 3.20. The summed E-state index contributed by atoms with van der Waals surface area (Å²) in [4.78, 5) is 24.2. The number of benzene rings is 1. The van der Waals surface area contributed by atoms with E-state index in [9.17, 15) is 9.59 Å². The Labute approximate surface area is 134 Å². The van der Waals surface area contributed by atoms with Crippen LogP contribution in [0, 0.1) is 0 Å². The fraction of sp³-hybridized carbons (Fsp3) is 0.333. The SMILES string of the molecule is C[C@@H](NC(=O)COC(=O)C1(c2ccccc2)CC1)c1ccco1. The number of nitrogens with one attached hydrogen (secondary N) is 1. The number of carbonyl (C=O) groups is 2. The standard InChI is InChI=1S/C18H19NO4/c1-13(15-8-5-11-22-15)19-16(20)12-23-17(21)18(9-10-18)14-6-3-2-4-7-14/h2-8,11,13H,9-10,12H2,1H3,(H,19,20)/t13-/m1/s1. The Morgan fingerprint density at radius 3 is 2.57 bits per heavy atom. The van der Waals surface area contributed by atoms with Crippen molar-refractivity contribution in [1.82, 2.24) is 5.32 Å². The van der Waals surface area contributed by atoms with Gasteiger partial charge in [0.2, 0.25) is 0 Å². The average molecular weight is 313 g/mol. The minimum Gasteiger partial charge on any atom is -0.467 e. The lowest BCUT2D eigenvalue weighted by Crippen LogP contribution is -2.33. The molecule has 0 saturated heterocycles. The molecule has 1 amide bonds. The lowest BCUT2D eigenvalue weighted by Gasteiger charge is -2.16. The van der Waals surface area contributed by atoms with Crippen LogP contribution < -0.4 is 5.32 Å². The van der Waals surface area contributed by atoms with Gasteiger partial charge < -0.3 is 14.5 Å². The molecular formula is C18H19NO4. The van der Waals surface area contributed by atoms with Crippen LogP contribution in [0.5, 0.6) is 0 Å². The highest BCUT2D eigenvalue weighted by molar-refractivity contribution is 5.89. The Hall–Kier alpha value is -2.56. The van der Waals surface area contributed by atoms with E-state index in [-0.39, 0.29) is 24.5 Å². The van der Waals surface area contributed by atoms with Gasteiger partial charge in [0.05, 0.1) is 17.7 Å². The normalized spacial score (nSPS) is 16.4. The molecule has 0 spiro atoms. The zero-order chi connectivity index (χ0) is 16.3. The van der Waals surface area contributed by atoms with Crippen LogP contribution in [-0.4, -0.2) is 18.5 Å². The third-order valence-electron chi connectivity index (χ3n) is 4.15. The van der Waals surface area contributed by atoms with Crippen LogP contribution in [-0.2, 0) is 19.7 Å². The van der Waals surface area contributed by atoms with Gasteiger partial charge in [0.15, 0.2) is 6.61 Å². The number of hydrogen-bond acceptors (Lipinski definition) is 4. The smallest absolute Gasteiger partial charge is 0.317 e. The molecule has 3 rings (SSSR count). The summed E-state index contributed by atoms with van der Waals surface area (Å²) in [5, 5.41) is 2.74. The van der Waals surface area contributed by atoms with Gasteiger partial charge in [-0.05, 0) is 37.5 Å². The predicted molar refractivity (Wildman–Crippen MR) is 83.6 cm³/mol. The Bertz CT molecular complexity index is 674. The van der Waals surface area contributed by atoms with Gasteiger partial charge in [-0.15, -0.1) is 0 Å². The molecule has 1 fully saturated rings. The van der Waals surface area contributed by atoms with Gasteiger partial charge in [-0.25, -0.2) is 0 Å². The molecule has 1 aliphatic rings. The maximum absolute atomic E-state index is 12.3. The van der Waals surface area contributed by atoms with E-state index in [0.717, 1.165) is 18.4 Å². The maximum atomic E-state index is 12.3. The Kier molecular flexibility index (Phi) is 4.19. The second-order valence-electron chi connectivity index (χ2n) is 5.83. The summed E-state index contributed by atoms with van der Waals surface area (Å²) in [6.07, 6.45) is 3.08. The van der Waals surface area contributed by atoms with Crippen molar-refractivity contribution in [1.29, 1.82) is 0 Å². The van der Waals surface area contributed by atoms with Gasteiger partial charge in [-0.3, -0.25) is 9.59 Å². The lowest BCUT2D eigenvalue weighted by atomic mass is 9.96. The number of ether oxygens (including phenoxy) is 1. The minimum atomic E-state index is -0.561. The monoisotopic (exact) mass is 313 g/mol. The largest absolute Gasteiger partial charge is 0.467 e. The molecule has 1 aromatic heterocycles. The first kappa shape index (κ1) is 15.3. The third kappa shape index (κ3) is 3.28. The summed E-state index contributed by atoms with van der Waals surface area (Å²) in [6.45, 7) is 1.53. The van der Waals surface area contributed by atoms with Crippen LogP contribution in [0.2, 0.25) is 0 Å². The van der Waals surface area contributed by atoms with Gasteiger partial charge in [-0.1, -0.05) is 30.3 Å². The molecule has 0 radical (unpaired) electrons. The van der Waals surface area contributed by atoms with E-state index in [4.69, 9.17) is 9.15 Å². The fourth-order valence-corrected chi connectivity index (χ4v) is 2.65. The van der Waals surface area contributed by atoms with Crippen molar-refractivity contribution < 1.29 is 18.7 Å². The molecule has 1 aromatic carbocycles. The van der Waals surface area contributed by atoms with Crippen LogP contribution in [0.3, 0.4) is 0 Å². The van der Waals surface area contributed by atoms with Crippen LogP contribution in [0.15, 0.2) is 53.1 Å². The Morgan fingerprint density at radius 2 is 1.96 bits per heavy atom. The molecule has 1 aliphatic carbocycles. The first-order chi connectivity index (χ1) is 11.1. The number of carbonyl (C=O) groups excluding carboxylic acids is 2. The second-order valence-corrected chi connectivity index (χ2v) is 5.83. The van der Waals surface area contributed by atoms with Gasteiger partial charge in [0, 0.05) is 0 Å². The fourth-order valence-electron chi connectivity index (χ4n) is 2.65. The highest BCUT2D eigenvalue weighted by atomic mass is 16.5. The van der Waals surface area contributed by atoms with Crippen molar-refractivity contribution in [2.75, 3.05) is 6.61 Å². The molecule has 1 saturated carbocycles. The number of esters is 1. The van der Waals surface area contributed by atoms with E-state index in [0.29, 0.717) is 5.76 Å². The molecule has 0 aliphatic heterocycles. The highest BCUT2D eigenvalue weighted by Gasteiger charge is 2.52. The molecule has 1 atom stereocenters. The molecule has 2 aromatic rings. The number of amides is 1. The van der Waals surface area contributed by atoms with Crippen LogP contribution >= 0.6 is 0 Å².